The molecule has 3 N–H and O–H groups in total. The molecule has 98 valence electrons. The van der Waals surface area contributed by atoms with Crippen molar-refractivity contribution in [1.82, 2.24) is 15.3 Å². The lowest BCUT2D eigenvalue weighted by Crippen LogP contribution is -2.46. The summed E-state index contributed by atoms with van der Waals surface area (Å²) in [6.45, 7) is 3.62. The van der Waals surface area contributed by atoms with Gasteiger partial charge in [-0.1, -0.05) is 20.3 Å². The number of amides is 2. The quantitative estimate of drug-likeness (QED) is 0.727. The number of aromatic nitrogens is 2. The van der Waals surface area contributed by atoms with E-state index in [0.29, 0.717) is 6.42 Å². The Morgan fingerprint density at radius 1 is 1.39 bits per heavy atom. The lowest BCUT2D eigenvalue weighted by molar-refractivity contribution is -0.140. The summed E-state index contributed by atoms with van der Waals surface area (Å²) in [4.78, 5) is 30.2. The molecule has 0 fully saturated rings. The van der Waals surface area contributed by atoms with Gasteiger partial charge in [0.25, 0.3) is 0 Å². The lowest BCUT2D eigenvalue weighted by Gasteiger charge is -2.19. The summed E-state index contributed by atoms with van der Waals surface area (Å²) >= 11 is 0. The molecule has 18 heavy (non-hydrogen) atoms. The van der Waals surface area contributed by atoms with Gasteiger partial charge in [0.2, 0.25) is 5.95 Å². The van der Waals surface area contributed by atoms with Gasteiger partial charge in [-0.3, -0.25) is 5.32 Å². The number of hydrogen-bond donors (Lipinski definition) is 3. The topological polar surface area (TPSA) is 104 Å². The molecule has 1 aromatic rings. The average molecular weight is 252 g/mol. The Labute approximate surface area is 105 Å². The monoisotopic (exact) mass is 252 g/mol. The first-order valence-electron chi connectivity index (χ1n) is 5.62. The zero-order valence-corrected chi connectivity index (χ0v) is 10.3. The molecule has 0 aliphatic heterocycles. The smallest absolute Gasteiger partial charge is 0.326 e. The lowest BCUT2D eigenvalue weighted by atomic mass is 10.00. The van der Waals surface area contributed by atoms with Crippen LogP contribution in [-0.4, -0.2) is 33.1 Å². The first kappa shape index (κ1) is 13.9. The van der Waals surface area contributed by atoms with E-state index in [-0.39, 0.29) is 11.9 Å². The van der Waals surface area contributed by atoms with Gasteiger partial charge in [0.1, 0.15) is 6.04 Å². The van der Waals surface area contributed by atoms with Crippen molar-refractivity contribution in [2.24, 2.45) is 5.92 Å². The molecule has 0 unspecified atom stereocenters. The molecule has 0 aromatic carbocycles. The van der Waals surface area contributed by atoms with E-state index in [1.54, 1.807) is 13.0 Å². The fourth-order valence-electron chi connectivity index (χ4n) is 1.33. The van der Waals surface area contributed by atoms with Crippen LogP contribution < -0.4 is 10.6 Å². The molecule has 1 heterocycles. The predicted octanol–water partition coefficient (Wildman–Crippen LogP) is 1.10. The number of nitrogens with one attached hydrogen (secondary N) is 2. The maximum atomic E-state index is 11.6. The molecule has 1 rings (SSSR count). The SMILES string of the molecule is CC[C@H](C)[C@H](NC(=O)Nc1ncccn1)C(=O)O. The highest BCUT2D eigenvalue weighted by Gasteiger charge is 2.25. The number of carbonyl (C=O) groups excluding carboxylic acids is 1. The van der Waals surface area contributed by atoms with Crippen LogP contribution in [0, 0.1) is 5.92 Å². The van der Waals surface area contributed by atoms with Crippen molar-refractivity contribution in [2.45, 2.75) is 26.3 Å². The Bertz CT molecular complexity index is 410. The van der Waals surface area contributed by atoms with Crippen LogP contribution in [0.5, 0.6) is 0 Å². The Balaban J connectivity index is 2.60. The molecule has 7 heteroatoms. The third kappa shape index (κ3) is 4.00. The van der Waals surface area contributed by atoms with Gasteiger partial charge in [0.05, 0.1) is 0 Å². The molecule has 2 amide bonds. The van der Waals surface area contributed by atoms with Crippen LogP contribution >= 0.6 is 0 Å². The standard InChI is InChI=1S/C11H16N4O3/c1-3-7(2)8(9(16)17)14-11(18)15-10-12-5-4-6-13-10/h4-8H,3H2,1-2H3,(H,16,17)(H2,12,13,14,15,18)/t7-,8-/m0/s1. The minimum absolute atomic E-state index is 0.128. The van der Waals surface area contributed by atoms with Crippen LogP contribution in [0.4, 0.5) is 10.7 Å². The van der Waals surface area contributed by atoms with E-state index < -0.39 is 18.0 Å². The highest BCUT2D eigenvalue weighted by Crippen LogP contribution is 2.08. The number of nitrogens with zero attached hydrogens (tertiary/aromatic N) is 2. The van der Waals surface area contributed by atoms with Crippen molar-refractivity contribution in [3.63, 3.8) is 0 Å². The minimum atomic E-state index is -1.06. The highest BCUT2D eigenvalue weighted by atomic mass is 16.4. The molecule has 7 nitrogen and oxygen atoms in total. The molecule has 1 aromatic heterocycles. The van der Waals surface area contributed by atoms with Crippen LogP contribution in [0.1, 0.15) is 20.3 Å². The molecule has 2 atom stereocenters. The maximum absolute atomic E-state index is 11.6. The molecule has 0 spiro atoms. The van der Waals surface area contributed by atoms with Crippen molar-refractivity contribution in [3.05, 3.63) is 18.5 Å². The van der Waals surface area contributed by atoms with Gasteiger partial charge in [0.15, 0.2) is 0 Å². The van der Waals surface area contributed by atoms with Gasteiger partial charge in [-0.05, 0) is 12.0 Å². The Morgan fingerprint density at radius 2 is 2.00 bits per heavy atom. The number of carboxylic acids is 1. The van der Waals surface area contributed by atoms with Crippen LogP contribution in [-0.2, 0) is 4.79 Å². The summed E-state index contributed by atoms with van der Waals surface area (Å²) in [5.41, 5.74) is 0. The molecular formula is C11H16N4O3. The van der Waals surface area contributed by atoms with E-state index in [0.717, 1.165) is 0 Å². The van der Waals surface area contributed by atoms with Crippen LogP contribution in [0.25, 0.3) is 0 Å². The summed E-state index contributed by atoms with van der Waals surface area (Å²) in [6, 6.07) is 0.0510. The van der Waals surface area contributed by atoms with Gasteiger partial charge >= 0.3 is 12.0 Å². The zero-order chi connectivity index (χ0) is 13.5. The Kier molecular flexibility index (Phi) is 5.04. The van der Waals surface area contributed by atoms with Gasteiger partial charge in [0, 0.05) is 12.4 Å². The number of hydrogen-bond acceptors (Lipinski definition) is 4. The highest BCUT2D eigenvalue weighted by molar-refractivity contribution is 5.90. The predicted molar refractivity (Wildman–Crippen MR) is 65.1 cm³/mol. The number of rotatable bonds is 5. The van der Waals surface area contributed by atoms with E-state index in [1.807, 2.05) is 6.92 Å². The van der Waals surface area contributed by atoms with E-state index in [1.165, 1.54) is 12.4 Å². The van der Waals surface area contributed by atoms with Gasteiger partial charge in [-0.25, -0.2) is 19.6 Å². The third-order valence-corrected chi connectivity index (χ3v) is 2.56. The second-order valence-electron chi connectivity index (χ2n) is 3.87. The molecule has 0 saturated heterocycles. The molecule has 0 aliphatic rings. The second-order valence-corrected chi connectivity index (χ2v) is 3.87. The van der Waals surface area contributed by atoms with Crippen LogP contribution in [0.2, 0.25) is 0 Å². The van der Waals surface area contributed by atoms with Crippen LogP contribution in [0.15, 0.2) is 18.5 Å². The fourth-order valence-corrected chi connectivity index (χ4v) is 1.33. The molecule has 0 aliphatic carbocycles. The largest absolute Gasteiger partial charge is 0.480 e. The fraction of sp³-hybridized carbons (Fsp3) is 0.455. The van der Waals surface area contributed by atoms with Crippen molar-refractivity contribution in [3.8, 4) is 0 Å². The van der Waals surface area contributed by atoms with Gasteiger partial charge in [-0.15, -0.1) is 0 Å². The average Bonchev–Trinajstić information content (AvgIpc) is 2.36. The summed E-state index contributed by atoms with van der Waals surface area (Å²) in [5, 5.41) is 13.8. The van der Waals surface area contributed by atoms with Crippen molar-refractivity contribution in [2.75, 3.05) is 5.32 Å². The van der Waals surface area contributed by atoms with E-state index in [2.05, 4.69) is 20.6 Å². The van der Waals surface area contributed by atoms with E-state index >= 15 is 0 Å². The van der Waals surface area contributed by atoms with Crippen molar-refractivity contribution < 1.29 is 14.7 Å². The molecule has 0 bridgehead atoms. The molecule has 0 saturated carbocycles. The number of anilines is 1. The second kappa shape index (κ2) is 6.53. The Morgan fingerprint density at radius 3 is 2.50 bits per heavy atom. The summed E-state index contributed by atoms with van der Waals surface area (Å²) in [5.74, 6) is -1.10. The third-order valence-electron chi connectivity index (χ3n) is 2.56. The number of carbonyl (C=O) groups is 2. The van der Waals surface area contributed by atoms with Gasteiger partial charge in [-0.2, -0.15) is 0 Å². The van der Waals surface area contributed by atoms with Crippen molar-refractivity contribution >= 4 is 17.9 Å². The zero-order valence-electron chi connectivity index (χ0n) is 10.3. The van der Waals surface area contributed by atoms with E-state index in [4.69, 9.17) is 5.11 Å². The first-order chi connectivity index (χ1) is 8.54. The summed E-state index contributed by atoms with van der Waals surface area (Å²) in [6.07, 6.45) is 3.61. The van der Waals surface area contributed by atoms with E-state index in [9.17, 15) is 9.59 Å². The summed E-state index contributed by atoms with van der Waals surface area (Å²) in [7, 11) is 0. The molecule has 0 radical (unpaired) electrons. The number of carboxylic acid groups (broad SMARTS) is 1. The maximum Gasteiger partial charge on any atom is 0.326 e. The number of urea groups is 1. The molecular weight excluding hydrogens is 236 g/mol. The minimum Gasteiger partial charge on any atom is -0.480 e. The van der Waals surface area contributed by atoms with Gasteiger partial charge < -0.3 is 10.4 Å². The first-order valence-corrected chi connectivity index (χ1v) is 5.62. The normalized spacial score (nSPS) is 13.4. The summed E-state index contributed by atoms with van der Waals surface area (Å²) < 4.78 is 0. The number of aliphatic carboxylic acids is 1. The van der Waals surface area contributed by atoms with Crippen molar-refractivity contribution in [1.29, 1.82) is 0 Å². The van der Waals surface area contributed by atoms with Crippen LogP contribution in [0.3, 0.4) is 0 Å². The Hall–Kier alpha value is -2.18.